The second kappa shape index (κ2) is 6.25. The van der Waals surface area contributed by atoms with Gasteiger partial charge in [-0.05, 0) is 48.3 Å². The first kappa shape index (κ1) is 15.1. The van der Waals surface area contributed by atoms with E-state index in [-0.39, 0.29) is 0 Å². The molecule has 1 saturated carbocycles. The van der Waals surface area contributed by atoms with Crippen molar-refractivity contribution in [2.45, 2.75) is 80.1 Å². The molecule has 0 aromatic rings. The highest BCUT2D eigenvalue weighted by atomic mass is 14.5. The third-order valence-electron chi connectivity index (χ3n) is 5.20. The van der Waals surface area contributed by atoms with Gasteiger partial charge >= 0.3 is 0 Å². The maximum absolute atomic E-state index is 2.49. The molecular weight excluding hydrogens is 204 g/mol. The van der Waals surface area contributed by atoms with Crippen LogP contribution in [0.3, 0.4) is 0 Å². The van der Waals surface area contributed by atoms with Gasteiger partial charge in [-0.1, -0.05) is 60.8 Å². The number of hydrogen-bond acceptors (Lipinski definition) is 0. The molecule has 1 aliphatic rings. The van der Waals surface area contributed by atoms with E-state index in [1.54, 1.807) is 0 Å². The Hall–Kier alpha value is 0. The Bertz CT molecular complexity index is 216. The van der Waals surface area contributed by atoms with E-state index in [9.17, 15) is 0 Å². The van der Waals surface area contributed by atoms with Crippen LogP contribution in [-0.2, 0) is 0 Å². The van der Waals surface area contributed by atoms with Crippen molar-refractivity contribution in [3.8, 4) is 0 Å². The molecule has 0 aliphatic heterocycles. The van der Waals surface area contributed by atoms with Gasteiger partial charge in [-0.15, -0.1) is 0 Å². The third kappa shape index (κ3) is 4.00. The fourth-order valence-corrected chi connectivity index (χ4v) is 4.04. The lowest BCUT2D eigenvalue weighted by molar-refractivity contribution is 0.00277. The first-order valence-corrected chi connectivity index (χ1v) is 7.91. The van der Waals surface area contributed by atoms with Crippen LogP contribution >= 0.6 is 0 Å². The van der Waals surface area contributed by atoms with Gasteiger partial charge in [0.25, 0.3) is 0 Å². The van der Waals surface area contributed by atoms with Gasteiger partial charge in [0.05, 0.1) is 0 Å². The van der Waals surface area contributed by atoms with Gasteiger partial charge in [-0.2, -0.15) is 0 Å². The fourth-order valence-electron chi connectivity index (χ4n) is 4.04. The van der Waals surface area contributed by atoms with Gasteiger partial charge in [0.2, 0.25) is 0 Å². The molecular formula is C17H34. The second-order valence-corrected chi connectivity index (χ2v) is 7.41. The quantitative estimate of drug-likeness (QED) is 0.517. The van der Waals surface area contributed by atoms with E-state index >= 15 is 0 Å². The fraction of sp³-hybridized carbons (Fsp3) is 1.00. The van der Waals surface area contributed by atoms with E-state index in [0.29, 0.717) is 5.41 Å². The minimum absolute atomic E-state index is 0.576. The molecule has 17 heavy (non-hydrogen) atoms. The summed E-state index contributed by atoms with van der Waals surface area (Å²) < 4.78 is 0. The summed E-state index contributed by atoms with van der Waals surface area (Å²) in [6, 6.07) is 0. The molecule has 0 spiro atoms. The molecule has 0 N–H and O–H groups in total. The lowest BCUT2D eigenvalue weighted by Gasteiger charge is -2.49. The zero-order chi connectivity index (χ0) is 13.1. The summed E-state index contributed by atoms with van der Waals surface area (Å²) in [5.74, 6) is 3.95. The lowest BCUT2D eigenvalue weighted by atomic mass is 9.56. The molecule has 0 amide bonds. The Morgan fingerprint density at radius 3 is 2.35 bits per heavy atom. The Morgan fingerprint density at radius 1 is 1.24 bits per heavy atom. The Kier molecular flexibility index (Phi) is 5.54. The Morgan fingerprint density at radius 2 is 1.88 bits per heavy atom. The van der Waals surface area contributed by atoms with Crippen LogP contribution in [0.15, 0.2) is 0 Å². The molecule has 102 valence electrons. The summed E-state index contributed by atoms with van der Waals surface area (Å²) in [5, 5.41) is 0. The highest BCUT2D eigenvalue weighted by molar-refractivity contribution is 4.91. The minimum Gasteiger partial charge on any atom is -0.0654 e. The molecule has 0 aromatic heterocycles. The minimum atomic E-state index is 0.576. The van der Waals surface area contributed by atoms with Crippen LogP contribution in [-0.4, -0.2) is 0 Å². The second-order valence-electron chi connectivity index (χ2n) is 7.41. The molecule has 0 heterocycles. The van der Waals surface area contributed by atoms with Crippen molar-refractivity contribution in [1.82, 2.24) is 0 Å². The summed E-state index contributed by atoms with van der Waals surface area (Å²) >= 11 is 0. The van der Waals surface area contributed by atoms with Gasteiger partial charge in [-0.25, -0.2) is 0 Å². The molecule has 0 radical (unpaired) electrons. The van der Waals surface area contributed by atoms with E-state index in [2.05, 4.69) is 41.5 Å². The molecule has 0 aromatic carbocycles. The summed E-state index contributed by atoms with van der Waals surface area (Å²) in [6.45, 7) is 14.6. The predicted molar refractivity (Wildman–Crippen MR) is 78.1 cm³/mol. The summed E-state index contributed by atoms with van der Waals surface area (Å²) in [6.07, 6.45) is 8.49. The summed E-state index contributed by atoms with van der Waals surface area (Å²) in [5.41, 5.74) is 0.576. The first-order valence-electron chi connectivity index (χ1n) is 7.91. The number of hydrogen-bond donors (Lipinski definition) is 0. The van der Waals surface area contributed by atoms with E-state index in [4.69, 9.17) is 0 Å². The van der Waals surface area contributed by atoms with Crippen LogP contribution in [0.1, 0.15) is 80.1 Å². The van der Waals surface area contributed by atoms with E-state index < -0.39 is 0 Å². The van der Waals surface area contributed by atoms with Gasteiger partial charge in [0, 0.05) is 0 Å². The van der Waals surface area contributed by atoms with Gasteiger partial charge in [0.1, 0.15) is 0 Å². The highest BCUT2D eigenvalue weighted by Gasteiger charge is 2.42. The third-order valence-corrected chi connectivity index (χ3v) is 5.20. The van der Waals surface area contributed by atoms with Crippen molar-refractivity contribution in [1.29, 1.82) is 0 Å². The monoisotopic (exact) mass is 238 g/mol. The van der Waals surface area contributed by atoms with E-state index in [0.717, 1.165) is 23.7 Å². The van der Waals surface area contributed by atoms with Crippen molar-refractivity contribution in [2.24, 2.45) is 29.1 Å². The maximum Gasteiger partial charge on any atom is -0.0334 e. The summed E-state index contributed by atoms with van der Waals surface area (Å²) in [7, 11) is 0. The molecule has 0 nitrogen and oxygen atoms in total. The van der Waals surface area contributed by atoms with Crippen molar-refractivity contribution in [3.05, 3.63) is 0 Å². The standard InChI is InChI=1S/C17H34/c1-7-9-10-17(5,6)12-15-11-14(4)16(15)13(3)8-2/h13-16H,7-12H2,1-6H3. The normalized spacial score (nSPS) is 31.1. The van der Waals surface area contributed by atoms with Crippen LogP contribution in [0.25, 0.3) is 0 Å². The Balaban J connectivity index is 2.46. The molecule has 1 fully saturated rings. The van der Waals surface area contributed by atoms with Crippen LogP contribution in [0.2, 0.25) is 0 Å². The predicted octanol–water partition coefficient (Wildman–Crippen LogP) is 5.91. The molecule has 4 atom stereocenters. The molecule has 0 saturated heterocycles. The molecule has 1 rings (SSSR count). The first-order chi connectivity index (χ1) is 7.91. The largest absolute Gasteiger partial charge is 0.0654 e. The van der Waals surface area contributed by atoms with E-state index in [1.807, 2.05) is 0 Å². The molecule has 0 heteroatoms. The smallest absolute Gasteiger partial charge is 0.0334 e. The Labute approximate surface area is 110 Å². The molecule has 0 bridgehead atoms. The van der Waals surface area contributed by atoms with Crippen molar-refractivity contribution >= 4 is 0 Å². The van der Waals surface area contributed by atoms with Gasteiger partial charge in [-0.3, -0.25) is 0 Å². The van der Waals surface area contributed by atoms with Crippen molar-refractivity contribution < 1.29 is 0 Å². The maximum atomic E-state index is 2.49. The lowest BCUT2D eigenvalue weighted by Crippen LogP contribution is -2.41. The zero-order valence-corrected chi connectivity index (χ0v) is 13.1. The van der Waals surface area contributed by atoms with Crippen molar-refractivity contribution in [2.75, 3.05) is 0 Å². The van der Waals surface area contributed by atoms with Crippen molar-refractivity contribution in [3.63, 3.8) is 0 Å². The van der Waals surface area contributed by atoms with Crippen LogP contribution < -0.4 is 0 Å². The molecule has 1 aliphatic carbocycles. The SMILES string of the molecule is CCCCC(C)(C)CC1CC(C)C1C(C)CC. The van der Waals surface area contributed by atoms with E-state index in [1.165, 1.54) is 38.5 Å². The highest BCUT2D eigenvalue weighted by Crippen LogP contribution is 2.51. The van der Waals surface area contributed by atoms with Crippen LogP contribution in [0.4, 0.5) is 0 Å². The topological polar surface area (TPSA) is 0 Å². The number of rotatable bonds is 7. The van der Waals surface area contributed by atoms with Gasteiger partial charge in [0.15, 0.2) is 0 Å². The van der Waals surface area contributed by atoms with Gasteiger partial charge < -0.3 is 0 Å². The van der Waals surface area contributed by atoms with Crippen LogP contribution in [0.5, 0.6) is 0 Å². The number of unbranched alkanes of at least 4 members (excludes halogenated alkanes) is 1. The average molecular weight is 238 g/mol. The molecule has 4 unspecified atom stereocenters. The summed E-state index contributed by atoms with van der Waals surface area (Å²) in [4.78, 5) is 0. The average Bonchev–Trinajstić information content (AvgIpc) is 2.25. The zero-order valence-electron chi connectivity index (χ0n) is 13.1. The van der Waals surface area contributed by atoms with Crippen LogP contribution in [0, 0.1) is 29.1 Å².